The van der Waals surface area contributed by atoms with Gasteiger partial charge in [0, 0.05) is 11.3 Å². The molecule has 0 aromatic heterocycles. The molecule has 0 saturated carbocycles. The molecule has 0 atom stereocenters. The van der Waals surface area contributed by atoms with Gasteiger partial charge in [0.15, 0.2) is 0 Å². The van der Waals surface area contributed by atoms with Crippen LogP contribution in [-0.2, 0) is 5.88 Å². The maximum Gasteiger partial charge on any atom is 0.123 e. The number of alkyl halides is 1. The fourth-order valence-electron chi connectivity index (χ4n) is 1.39. The van der Waals surface area contributed by atoms with Crippen molar-refractivity contribution >= 4 is 22.4 Å². The largest absolute Gasteiger partial charge is 0.507 e. The average molecular weight is 193 g/mol. The molecule has 2 heteroatoms. The molecular weight excluding hydrogens is 184 g/mol. The van der Waals surface area contributed by atoms with E-state index in [0.717, 1.165) is 16.3 Å². The van der Waals surface area contributed by atoms with E-state index in [1.165, 1.54) is 0 Å². The lowest BCUT2D eigenvalue weighted by atomic mass is 10.1. The zero-order valence-electron chi connectivity index (χ0n) is 7.00. The maximum absolute atomic E-state index is 9.55. The monoisotopic (exact) mass is 192 g/mol. The summed E-state index contributed by atoms with van der Waals surface area (Å²) in [5, 5.41) is 11.4. The normalized spacial score (nSPS) is 10.5. The highest BCUT2D eigenvalue weighted by Gasteiger charge is 1.99. The summed E-state index contributed by atoms with van der Waals surface area (Å²) in [6, 6.07) is 11.3. The summed E-state index contributed by atoms with van der Waals surface area (Å²) in [5.41, 5.74) is 1.02. The molecule has 1 N–H and O–H groups in total. The second-order valence-electron chi connectivity index (χ2n) is 2.97. The molecule has 0 aliphatic rings. The molecule has 0 fully saturated rings. The number of halogens is 1. The van der Waals surface area contributed by atoms with Crippen molar-refractivity contribution in [3.8, 4) is 5.75 Å². The minimum absolute atomic E-state index is 0.310. The van der Waals surface area contributed by atoms with Crippen molar-refractivity contribution in [3.05, 3.63) is 42.0 Å². The summed E-state index contributed by atoms with van der Waals surface area (Å²) in [7, 11) is 0. The molecule has 0 heterocycles. The molecule has 2 aromatic carbocycles. The zero-order chi connectivity index (χ0) is 9.26. The quantitative estimate of drug-likeness (QED) is 0.688. The Morgan fingerprint density at radius 3 is 2.77 bits per heavy atom. The third-order valence-electron chi connectivity index (χ3n) is 2.08. The van der Waals surface area contributed by atoms with Crippen molar-refractivity contribution in [1.82, 2.24) is 0 Å². The van der Waals surface area contributed by atoms with E-state index in [1.807, 2.05) is 30.3 Å². The maximum atomic E-state index is 9.55. The van der Waals surface area contributed by atoms with Crippen molar-refractivity contribution in [2.24, 2.45) is 0 Å². The van der Waals surface area contributed by atoms with E-state index in [2.05, 4.69) is 0 Å². The lowest BCUT2D eigenvalue weighted by molar-refractivity contribution is 0.481. The summed E-state index contributed by atoms with van der Waals surface area (Å²) in [5.74, 6) is 0.786. The molecule has 2 aromatic rings. The van der Waals surface area contributed by atoms with Gasteiger partial charge in [-0.2, -0.15) is 0 Å². The third kappa shape index (κ3) is 1.47. The van der Waals surface area contributed by atoms with Crippen molar-refractivity contribution in [2.75, 3.05) is 0 Å². The van der Waals surface area contributed by atoms with Crippen LogP contribution in [0, 0.1) is 0 Å². The van der Waals surface area contributed by atoms with E-state index in [9.17, 15) is 5.11 Å². The van der Waals surface area contributed by atoms with Crippen LogP contribution in [0.4, 0.5) is 0 Å². The molecule has 0 unspecified atom stereocenters. The van der Waals surface area contributed by atoms with Gasteiger partial charge in [-0.05, 0) is 23.1 Å². The molecule has 0 aliphatic heterocycles. The van der Waals surface area contributed by atoms with E-state index in [-0.39, 0.29) is 0 Å². The molecule has 66 valence electrons. The Balaban J connectivity index is 2.74. The summed E-state index contributed by atoms with van der Waals surface area (Å²) in [4.78, 5) is 0. The van der Waals surface area contributed by atoms with Crippen molar-refractivity contribution < 1.29 is 5.11 Å². The van der Waals surface area contributed by atoms with Gasteiger partial charge in [0.25, 0.3) is 0 Å². The molecule has 0 amide bonds. The molecule has 0 aliphatic carbocycles. The zero-order valence-corrected chi connectivity index (χ0v) is 7.75. The van der Waals surface area contributed by atoms with E-state index in [1.54, 1.807) is 6.07 Å². The number of fused-ring (bicyclic) bond motifs is 1. The molecule has 0 saturated heterocycles. The summed E-state index contributed by atoms with van der Waals surface area (Å²) < 4.78 is 0. The number of rotatable bonds is 1. The SMILES string of the molecule is Oc1cccc2ccc(CCl)cc12. The number of benzene rings is 2. The Kier molecular flexibility index (Phi) is 2.11. The minimum atomic E-state index is 0.310. The first-order valence-electron chi connectivity index (χ1n) is 4.08. The van der Waals surface area contributed by atoms with Crippen molar-refractivity contribution in [1.29, 1.82) is 0 Å². The lowest BCUT2D eigenvalue weighted by Gasteiger charge is -2.02. The molecule has 0 radical (unpaired) electrons. The first-order chi connectivity index (χ1) is 6.31. The number of aromatic hydroxyl groups is 1. The smallest absolute Gasteiger partial charge is 0.123 e. The lowest BCUT2D eigenvalue weighted by Crippen LogP contribution is -1.79. The van der Waals surface area contributed by atoms with Crippen LogP contribution in [0.1, 0.15) is 5.56 Å². The second kappa shape index (κ2) is 3.27. The number of hydrogen-bond acceptors (Lipinski definition) is 1. The standard InChI is InChI=1S/C11H9ClO/c12-7-8-4-5-9-2-1-3-11(13)10(9)6-8/h1-6,13H,7H2. The van der Waals surface area contributed by atoms with E-state index in [0.29, 0.717) is 11.6 Å². The number of hydrogen-bond donors (Lipinski definition) is 1. The average Bonchev–Trinajstić information content (AvgIpc) is 2.18. The predicted molar refractivity (Wildman–Crippen MR) is 55.2 cm³/mol. The van der Waals surface area contributed by atoms with Crippen LogP contribution in [0.2, 0.25) is 0 Å². The highest BCUT2D eigenvalue weighted by Crippen LogP contribution is 2.25. The fraction of sp³-hybridized carbons (Fsp3) is 0.0909. The van der Waals surface area contributed by atoms with Gasteiger partial charge in [0.2, 0.25) is 0 Å². The van der Waals surface area contributed by atoms with Gasteiger partial charge in [-0.1, -0.05) is 24.3 Å². The van der Waals surface area contributed by atoms with E-state index >= 15 is 0 Å². The summed E-state index contributed by atoms with van der Waals surface area (Å²) >= 11 is 5.70. The van der Waals surface area contributed by atoms with Crippen molar-refractivity contribution in [2.45, 2.75) is 5.88 Å². The van der Waals surface area contributed by atoms with Gasteiger partial charge < -0.3 is 5.11 Å². The van der Waals surface area contributed by atoms with Gasteiger partial charge >= 0.3 is 0 Å². The highest BCUT2D eigenvalue weighted by molar-refractivity contribution is 6.17. The highest BCUT2D eigenvalue weighted by atomic mass is 35.5. The first kappa shape index (κ1) is 8.39. The Bertz CT molecular complexity index is 437. The van der Waals surface area contributed by atoms with E-state index < -0.39 is 0 Å². The molecule has 13 heavy (non-hydrogen) atoms. The van der Waals surface area contributed by atoms with Crippen LogP contribution in [0.15, 0.2) is 36.4 Å². The number of phenolic OH excluding ortho intramolecular Hbond substituents is 1. The second-order valence-corrected chi connectivity index (χ2v) is 3.23. The van der Waals surface area contributed by atoms with Crippen molar-refractivity contribution in [3.63, 3.8) is 0 Å². The number of phenols is 1. The topological polar surface area (TPSA) is 20.2 Å². The van der Waals surface area contributed by atoms with Gasteiger partial charge in [0.1, 0.15) is 5.75 Å². The minimum Gasteiger partial charge on any atom is -0.507 e. The molecule has 1 nitrogen and oxygen atoms in total. The van der Waals surface area contributed by atoms with Gasteiger partial charge in [0.05, 0.1) is 0 Å². The van der Waals surface area contributed by atoms with Gasteiger partial charge in [-0.3, -0.25) is 0 Å². The van der Waals surface area contributed by atoms with Crippen LogP contribution in [0.5, 0.6) is 5.75 Å². The Hall–Kier alpha value is -1.21. The van der Waals surface area contributed by atoms with Crippen LogP contribution in [0.25, 0.3) is 10.8 Å². The van der Waals surface area contributed by atoms with Crippen LogP contribution in [-0.4, -0.2) is 5.11 Å². The van der Waals surface area contributed by atoms with Gasteiger partial charge in [-0.15, -0.1) is 11.6 Å². The van der Waals surface area contributed by atoms with Crippen LogP contribution < -0.4 is 0 Å². The van der Waals surface area contributed by atoms with Crippen LogP contribution >= 0.6 is 11.6 Å². The predicted octanol–water partition coefficient (Wildman–Crippen LogP) is 3.28. The Morgan fingerprint density at radius 2 is 2.00 bits per heavy atom. The third-order valence-corrected chi connectivity index (χ3v) is 2.39. The van der Waals surface area contributed by atoms with E-state index in [4.69, 9.17) is 11.6 Å². The Morgan fingerprint density at radius 1 is 1.15 bits per heavy atom. The van der Waals surface area contributed by atoms with Gasteiger partial charge in [-0.25, -0.2) is 0 Å². The van der Waals surface area contributed by atoms with Crippen LogP contribution in [0.3, 0.4) is 0 Å². The fourth-order valence-corrected chi connectivity index (χ4v) is 1.55. The molecular formula is C11H9ClO. The molecule has 2 rings (SSSR count). The summed E-state index contributed by atoms with van der Waals surface area (Å²) in [6.07, 6.45) is 0. The first-order valence-corrected chi connectivity index (χ1v) is 4.61. The molecule has 0 spiro atoms. The summed E-state index contributed by atoms with van der Waals surface area (Å²) in [6.45, 7) is 0. The Labute approximate surface area is 81.6 Å². The molecule has 0 bridgehead atoms.